The molecule has 0 aromatic rings. The maximum Gasteiger partial charge on any atom is 0.154 e. The number of hydrogen-bond donors (Lipinski definition) is 0. The highest BCUT2D eigenvalue weighted by atomic mass is 16.7. The van der Waals surface area contributed by atoms with Crippen molar-refractivity contribution in [1.82, 2.24) is 0 Å². The van der Waals surface area contributed by atoms with Gasteiger partial charge in [-0.15, -0.1) is 0 Å². The average Bonchev–Trinajstić information content (AvgIpc) is 1.68. The van der Waals surface area contributed by atoms with Gasteiger partial charge >= 0.3 is 0 Å². The van der Waals surface area contributed by atoms with Crippen molar-refractivity contribution in [2.75, 3.05) is 13.2 Å². The summed E-state index contributed by atoms with van der Waals surface area (Å²) in [6.07, 6.45) is -0.0370. The van der Waals surface area contributed by atoms with Crippen LogP contribution in [-0.2, 0) is 9.47 Å². The summed E-state index contributed by atoms with van der Waals surface area (Å²) in [4.78, 5) is 0. The van der Waals surface area contributed by atoms with Gasteiger partial charge < -0.3 is 14.9 Å². The zero-order valence-electron chi connectivity index (χ0n) is 6.31. The molecule has 0 spiro atoms. The Morgan fingerprint density at radius 1 is 1.11 bits per heavy atom. The lowest BCUT2D eigenvalue weighted by atomic mass is 10.7. The van der Waals surface area contributed by atoms with E-state index in [4.69, 9.17) is 9.47 Å². The summed E-state index contributed by atoms with van der Waals surface area (Å²) >= 11 is 0. The molecule has 0 radical (unpaired) electrons. The van der Waals surface area contributed by atoms with Gasteiger partial charge in [0.2, 0.25) is 0 Å². The van der Waals surface area contributed by atoms with Gasteiger partial charge in [0.05, 0.1) is 0 Å². The summed E-state index contributed by atoms with van der Waals surface area (Å²) in [5, 5.41) is 0. The first-order chi connectivity index (χ1) is 3.81. The van der Waals surface area contributed by atoms with Crippen LogP contribution in [0.15, 0.2) is 0 Å². The molecule has 58 valence electrons. The van der Waals surface area contributed by atoms with Gasteiger partial charge in [-0.1, -0.05) is 0 Å². The van der Waals surface area contributed by atoms with Crippen molar-refractivity contribution in [3.05, 3.63) is 0 Å². The van der Waals surface area contributed by atoms with E-state index in [0.29, 0.717) is 0 Å². The predicted octanol–water partition coefficient (Wildman–Crippen LogP) is 0.581. The van der Waals surface area contributed by atoms with E-state index >= 15 is 0 Å². The van der Waals surface area contributed by atoms with Crippen LogP contribution in [0.5, 0.6) is 0 Å². The van der Waals surface area contributed by atoms with E-state index in [1.807, 2.05) is 20.8 Å². The second-order valence-corrected chi connectivity index (χ2v) is 1.48. The lowest BCUT2D eigenvalue weighted by Crippen LogP contribution is -2.11. The van der Waals surface area contributed by atoms with E-state index < -0.39 is 0 Å². The highest BCUT2D eigenvalue weighted by molar-refractivity contribution is 4.26. The minimum absolute atomic E-state index is 0. The molecule has 0 heterocycles. The molecule has 3 heteroatoms. The van der Waals surface area contributed by atoms with E-state index in [2.05, 4.69) is 0 Å². The van der Waals surface area contributed by atoms with Crippen molar-refractivity contribution in [3.63, 3.8) is 0 Å². The van der Waals surface area contributed by atoms with Crippen LogP contribution in [0.4, 0.5) is 0 Å². The zero-order chi connectivity index (χ0) is 6.41. The van der Waals surface area contributed by atoms with E-state index in [1.54, 1.807) is 0 Å². The Labute approximate surface area is 56.3 Å². The fraction of sp³-hybridized carbons (Fsp3) is 1.00. The van der Waals surface area contributed by atoms with E-state index in [0.717, 1.165) is 13.2 Å². The molecule has 0 aromatic carbocycles. The fourth-order valence-electron chi connectivity index (χ4n) is 0.518. The Morgan fingerprint density at radius 2 is 1.44 bits per heavy atom. The first-order valence-electron chi connectivity index (χ1n) is 3.04. The van der Waals surface area contributed by atoms with Crippen LogP contribution in [0.2, 0.25) is 0 Å². The Balaban J connectivity index is 0. The monoisotopic (exact) mass is 136 g/mol. The molecule has 0 amide bonds. The van der Waals surface area contributed by atoms with Crippen LogP contribution in [0.1, 0.15) is 20.8 Å². The van der Waals surface area contributed by atoms with E-state index in [-0.39, 0.29) is 11.8 Å². The molecule has 0 atom stereocenters. The average molecular weight is 136 g/mol. The van der Waals surface area contributed by atoms with Gasteiger partial charge in [-0.25, -0.2) is 0 Å². The van der Waals surface area contributed by atoms with Gasteiger partial charge in [-0.3, -0.25) is 0 Å². The van der Waals surface area contributed by atoms with Gasteiger partial charge in [-0.05, 0) is 20.8 Å². The predicted molar refractivity (Wildman–Crippen MR) is 36.3 cm³/mol. The molecule has 9 heavy (non-hydrogen) atoms. The quantitative estimate of drug-likeness (QED) is 0.531. The van der Waals surface area contributed by atoms with Crippen molar-refractivity contribution in [2.24, 2.45) is 0 Å². The maximum atomic E-state index is 5.06. The van der Waals surface area contributed by atoms with Crippen molar-refractivity contribution in [3.8, 4) is 0 Å². The summed E-state index contributed by atoms with van der Waals surface area (Å²) in [7, 11) is 0. The lowest BCUT2D eigenvalue weighted by molar-refractivity contribution is -0.123. The minimum Gasteiger partial charge on any atom is -0.412 e. The molecule has 2 N–H and O–H groups in total. The summed E-state index contributed by atoms with van der Waals surface area (Å²) in [6, 6.07) is 0. The van der Waals surface area contributed by atoms with Gasteiger partial charge in [0.25, 0.3) is 0 Å². The van der Waals surface area contributed by atoms with Crippen LogP contribution in [0.25, 0.3) is 0 Å². The molecule has 0 aromatic heterocycles. The van der Waals surface area contributed by atoms with Gasteiger partial charge in [-0.2, -0.15) is 0 Å². The molecule has 0 aliphatic rings. The normalized spacial score (nSPS) is 9.33. The number of hydrogen-bond acceptors (Lipinski definition) is 2. The minimum atomic E-state index is -0.0370. The molecule has 0 aliphatic heterocycles. The molecule has 0 fully saturated rings. The van der Waals surface area contributed by atoms with Crippen LogP contribution in [-0.4, -0.2) is 25.0 Å². The third-order valence-corrected chi connectivity index (χ3v) is 0.803. The molecule has 3 nitrogen and oxygen atoms in total. The first-order valence-corrected chi connectivity index (χ1v) is 3.04. The standard InChI is InChI=1S/C6H14O2.H2O/c1-4-7-6(3)8-5-2;/h6H,4-5H2,1-3H3;1H2. The summed E-state index contributed by atoms with van der Waals surface area (Å²) in [5.74, 6) is 0. The lowest BCUT2D eigenvalue weighted by Gasteiger charge is -2.09. The largest absolute Gasteiger partial charge is 0.412 e. The molecule has 0 rings (SSSR count). The maximum absolute atomic E-state index is 5.06. The zero-order valence-corrected chi connectivity index (χ0v) is 6.31. The number of ether oxygens (including phenoxy) is 2. The van der Waals surface area contributed by atoms with Crippen molar-refractivity contribution in [1.29, 1.82) is 0 Å². The molecule has 0 saturated heterocycles. The fourth-order valence-corrected chi connectivity index (χ4v) is 0.518. The van der Waals surface area contributed by atoms with Crippen molar-refractivity contribution < 1.29 is 14.9 Å². The summed E-state index contributed by atoms with van der Waals surface area (Å²) in [6.45, 7) is 7.25. The molecule has 0 saturated carbocycles. The molecule has 0 bridgehead atoms. The van der Waals surface area contributed by atoms with Crippen LogP contribution < -0.4 is 0 Å². The topological polar surface area (TPSA) is 50.0 Å². The third-order valence-electron chi connectivity index (χ3n) is 0.803. The molecular weight excluding hydrogens is 120 g/mol. The van der Waals surface area contributed by atoms with E-state index in [9.17, 15) is 0 Å². The summed E-state index contributed by atoms with van der Waals surface area (Å²) < 4.78 is 10.1. The highest BCUT2D eigenvalue weighted by Crippen LogP contribution is 1.90. The smallest absolute Gasteiger partial charge is 0.154 e. The van der Waals surface area contributed by atoms with Gasteiger partial charge in [0, 0.05) is 13.2 Å². The van der Waals surface area contributed by atoms with E-state index in [1.165, 1.54) is 0 Å². The van der Waals surface area contributed by atoms with Crippen molar-refractivity contribution >= 4 is 0 Å². The molecular formula is C6H16O3. The second-order valence-electron chi connectivity index (χ2n) is 1.48. The molecule has 0 unspecified atom stereocenters. The molecule has 0 aliphatic carbocycles. The van der Waals surface area contributed by atoms with Crippen molar-refractivity contribution in [2.45, 2.75) is 27.1 Å². The van der Waals surface area contributed by atoms with Crippen LogP contribution >= 0.6 is 0 Å². The second kappa shape index (κ2) is 7.88. The Kier molecular flexibility index (Phi) is 10.2. The Bertz CT molecular complexity index is 41.6. The Hall–Kier alpha value is -0.120. The Morgan fingerprint density at radius 3 is 1.67 bits per heavy atom. The van der Waals surface area contributed by atoms with Crippen LogP contribution in [0, 0.1) is 0 Å². The SMILES string of the molecule is CCOC(C)OCC.O. The first kappa shape index (κ1) is 11.6. The van der Waals surface area contributed by atoms with Gasteiger partial charge in [0.1, 0.15) is 0 Å². The van der Waals surface area contributed by atoms with Gasteiger partial charge in [0.15, 0.2) is 6.29 Å². The number of rotatable bonds is 4. The highest BCUT2D eigenvalue weighted by Gasteiger charge is 1.94. The third kappa shape index (κ3) is 7.88. The van der Waals surface area contributed by atoms with Crippen LogP contribution in [0.3, 0.4) is 0 Å². The summed E-state index contributed by atoms with van der Waals surface area (Å²) in [5.41, 5.74) is 0.